The molecule has 2 N–H and O–H groups in total. The summed E-state index contributed by atoms with van der Waals surface area (Å²) in [5, 5.41) is 5.80. The van der Waals surface area contributed by atoms with Crippen molar-refractivity contribution in [3.8, 4) is 0 Å². The number of amides is 2. The van der Waals surface area contributed by atoms with Crippen LogP contribution in [0.1, 0.15) is 32.3 Å². The highest BCUT2D eigenvalue weighted by Gasteiger charge is 2.32. The lowest BCUT2D eigenvalue weighted by molar-refractivity contribution is -0.122. The third kappa shape index (κ3) is 4.34. The molecule has 2 rings (SSSR count). The molecule has 0 spiro atoms. The highest BCUT2D eigenvalue weighted by molar-refractivity contribution is 8.15. The van der Waals surface area contributed by atoms with Crippen LogP contribution in [0.5, 0.6) is 0 Å². The molecule has 0 bridgehead atoms. The molecular weight excluding hydrogens is 298 g/mol. The van der Waals surface area contributed by atoms with E-state index in [4.69, 9.17) is 0 Å². The second-order valence-corrected chi connectivity index (χ2v) is 6.55. The van der Waals surface area contributed by atoms with E-state index >= 15 is 0 Å². The minimum atomic E-state index is -0.410. The van der Waals surface area contributed by atoms with Crippen LogP contribution in [0.4, 0.5) is 5.69 Å². The van der Waals surface area contributed by atoms with E-state index in [1.54, 1.807) is 0 Å². The van der Waals surface area contributed by atoms with Gasteiger partial charge >= 0.3 is 0 Å². The number of amidine groups is 1. The average Bonchev–Trinajstić information content (AvgIpc) is 2.81. The van der Waals surface area contributed by atoms with E-state index in [0.717, 1.165) is 17.7 Å². The Balaban J connectivity index is 1.94. The minimum Gasteiger partial charge on any atom is -0.326 e. The van der Waals surface area contributed by atoms with E-state index in [0.29, 0.717) is 5.17 Å². The fourth-order valence-corrected chi connectivity index (χ4v) is 3.05. The summed E-state index contributed by atoms with van der Waals surface area (Å²) in [6.45, 7) is 5.98. The number of anilines is 1. The Bertz CT molecular complexity index is 601. The Hall–Kier alpha value is -1.82. The van der Waals surface area contributed by atoms with E-state index in [1.807, 2.05) is 45.0 Å². The maximum atomic E-state index is 12.1. The first kappa shape index (κ1) is 16.5. The summed E-state index contributed by atoms with van der Waals surface area (Å²) in [7, 11) is 0. The number of carbonyl (C=O) groups excluding carboxylic acids is 2. The predicted octanol–water partition coefficient (Wildman–Crippen LogP) is 2.71. The number of para-hydroxylation sites is 1. The van der Waals surface area contributed by atoms with Crippen molar-refractivity contribution in [2.24, 2.45) is 4.99 Å². The van der Waals surface area contributed by atoms with E-state index in [2.05, 4.69) is 15.6 Å². The molecule has 1 aromatic carbocycles. The topological polar surface area (TPSA) is 70.6 Å². The molecule has 1 heterocycles. The normalized spacial score (nSPS) is 20.8. The van der Waals surface area contributed by atoms with Crippen molar-refractivity contribution in [2.45, 2.75) is 44.9 Å². The molecule has 0 unspecified atom stereocenters. The van der Waals surface area contributed by atoms with Gasteiger partial charge in [-0.25, -0.2) is 0 Å². The number of benzene rings is 1. The van der Waals surface area contributed by atoms with Crippen LogP contribution in [0.3, 0.4) is 0 Å². The number of hydrogen-bond acceptors (Lipinski definition) is 4. The number of thioether (sulfide) groups is 1. The fourth-order valence-electron chi connectivity index (χ4n) is 1.97. The van der Waals surface area contributed by atoms with Gasteiger partial charge in [-0.1, -0.05) is 36.9 Å². The summed E-state index contributed by atoms with van der Waals surface area (Å²) in [4.78, 5) is 28.4. The third-order valence-corrected chi connectivity index (χ3v) is 4.59. The number of rotatable bonds is 5. The monoisotopic (exact) mass is 319 g/mol. The molecule has 0 aromatic heterocycles. The molecule has 1 fully saturated rings. The van der Waals surface area contributed by atoms with Gasteiger partial charge in [-0.15, -0.1) is 0 Å². The summed E-state index contributed by atoms with van der Waals surface area (Å²) in [6.07, 6.45) is 1.06. The quantitative estimate of drug-likeness (QED) is 0.876. The van der Waals surface area contributed by atoms with Gasteiger partial charge in [-0.2, -0.15) is 0 Å². The van der Waals surface area contributed by atoms with E-state index in [9.17, 15) is 9.59 Å². The molecule has 0 aliphatic carbocycles. The van der Waals surface area contributed by atoms with Crippen LogP contribution in [-0.4, -0.2) is 28.3 Å². The molecule has 118 valence electrons. The molecule has 1 aliphatic heterocycles. The molecule has 0 radical (unpaired) electrons. The fraction of sp³-hybridized carbons (Fsp3) is 0.438. The summed E-state index contributed by atoms with van der Waals surface area (Å²) in [5.41, 5.74) is 1.78. The maximum absolute atomic E-state index is 12.1. The standard InChI is InChI=1S/C16H21N3O2S/c1-4-11(3)17-16-19-15(21)13(22-16)9-14(20)18-12-8-6-5-7-10(12)2/h5-8,11,13H,4,9H2,1-3H3,(H,18,20)(H,17,19,21)/t11-,13+/m0/s1. The van der Waals surface area contributed by atoms with Crippen molar-refractivity contribution in [1.82, 2.24) is 5.32 Å². The minimum absolute atomic E-state index is 0.143. The number of aryl methyl sites for hydroxylation is 1. The van der Waals surface area contributed by atoms with E-state index in [1.165, 1.54) is 11.8 Å². The maximum Gasteiger partial charge on any atom is 0.240 e. The molecule has 6 heteroatoms. The molecule has 0 saturated carbocycles. The van der Waals surface area contributed by atoms with Crippen LogP contribution in [0.25, 0.3) is 0 Å². The Morgan fingerprint density at radius 3 is 2.86 bits per heavy atom. The van der Waals surface area contributed by atoms with E-state index < -0.39 is 5.25 Å². The molecule has 5 nitrogen and oxygen atoms in total. The first-order chi connectivity index (χ1) is 10.5. The Morgan fingerprint density at radius 2 is 2.18 bits per heavy atom. The Labute approximate surface area is 135 Å². The van der Waals surface area contributed by atoms with Gasteiger partial charge in [0.15, 0.2) is 5.17 Å². The molecule has 1 saturated heterocycles. The first-order valence-corrected chi connectivity index (χ1v) is 8.28. The Kier molecular flexibility index (Phi) is 5.60. The largest absolute Gasteiger partial charge is 0.326 e. The second kappa shape index (κ2) is 7.45. The zero-order valence-electron chi connectivity index (χ0n) is 13.1. The van der Waals surface area contributed by atoms with Crippen LogP contribution in [0, 0.1) is 6.92 Å². The van der Waals surface area contributed by atoms with E-state index in [-0.39, 0.29) is 24.3 Å². The molecule has 1 aromatic rings. The summed E-state index contributed by atoms with van der Waals surface area (Å²) in [6, 6.07) is 7.75. The molecule has 2 amide bonds. The third-order valence-electron chi connectivity index (χ3n) is 3.49. The average molecular weight is 319 g/mol. The van der Waals surface area contributed by atoms with Crippen molar-refractivity contribution < 1.29 is 9.59 Å². The zero-order chi connectivity index (χ0) is 16.1. The van der Waals surface area contributed by atoms with Gasteiger partial charge in [-0.05, 0) is 31.9 Å². The second-order valence-electron chi connectivity index (χ2n) is 5.35. The number of carbonyl (C=O) groups is 2. The zero-order valence-corrected chi connectivity index (χ0v) is 13.9. The van der Waals surface area contributed by atoms with Gasteiger partial charge in [0.25, 0.3) is 0 Å². The molecule has 2 atom stereocenters. The van der Waals surface area contributed by atoms with Crippen LogP contribution >= 0.6 is 11.8 Å². The highest BCUT2D eigenvalue weighted by atomic mass is 32.2. The van der Waals surface area contributed by atoms with Gasteiger partial charge in [-0.3, -0.25) is 14.6 Å². The summed E-state index contributed by atoms with van der Waals surface area (Å²) >= 11 is 1.33. The van der Waals surface area contributed by atoms with Gasteiger partial charge in [0, 0.05) is 18.2 Å². The number of hydrogen-bond donors (Lipinski definition) is 2. The smallest absolute Gasteiger partial charge is 0.240 e. The van der Waals surface area contributed by atoms with Crippen LogP contribution in [0.15, 0.2) is 29.3 Å². The van der Waals surface area contributed by atoms with Crippen molar-refractivity contribution in [2.75, 3.05) is 5.32 Å². The predicted molar refractivity (Wildman–Crippen MR) is 91.1 cm³/mol. The summed E-state index contributed by atoms with van der Waals surface area (Å²) < 4.78 is 0. The first-order valence-electron chi connectivity index (χ1n) is 7.40. The lowest BCUT2D eigenvalue weighted by Gasteiger charge is -2.09. The van der Waals surface area contributed by atoms with Crippen LogP contribution in [0.2, 0.25) is 0 Å². The molecular formula is C16H21N3O2S. The lowest BCUT2D eigenvalue weighted by Crippen LogP contribution is -2.28. The van der Waals surface area contributed by atoms with Crippen molar-refractivity contribution >= 4 is 34.4 Å². The van der Waals surface area contributed by atoms with Crippen LogP contribution in [-0.2, 0) is 9.59 Å². The number of nitrogens with one attached hydrogen (secondary N) is 2. The van der Waals surface area contributed by atoms with Gasteiger partial charge in [0.1, 0.15) is 5.25 Å². The molecule has 22 heavy (non-hydrogen) atoms. The van der Waals surface area contributed by atoms with Gasteiger partial charge < -0.3 is 10.6 Å². The van der Waals surface area contributed by atoms with Gasteiger partial charge in [0.2, 0.25) is 11.8 Å². The lowest BCUT2D eigenvalue weighted by atomic mass is 10.2. The molecule has 1 aliphatic rings. The SMILES string of the molecule is CC[C@H](C)N=C1NC(=O)[C@@H](CC(=O)Nc2ccccc2C)S1. The Morgan fingerprint density at radius 1 is 1.45 bits per heavy atom. The van der Waals surface area contributed by atoms with Crippen molar-refractivity contribution in [1.29, 1.82) is 0 Å². The highest BCUT2D eigenvalue weighted by Crippen LogP contribution is 2.24. The summed E-state index contributed by atoms with van der Waals surface area (Å²) in [5.74, 6) is -0.307. The van der Waals surface area contributed by atoms with Crippen molar-refractivity contribution in [3.05, 3.63) is 29.8 Å². The van der Waals surface area contributed by atoms with Crippen molar-refractivity contribution in [3.63, 3.8) is 0 Å². The number of nitrogens with zero attached hydrogens (tertiary/aromatic N) is 1. The van der Waals surface area contributed by atoms with Gasteiger partial charge in [0.05, 0.1) is 0 Å². The number of aliphatic imine (C=N–C) groups is 1. The van der Waals surface area contributed by atoms with Crippen LogP contribution < -0.4 is 10.6 Å².